The minimum absolute atomic E-state index is 0.000820. The van der Waals surface area contributed by atoms with Gasteiger partial charge in [0.25, 0.3) is 5.56 Å². The van der Waals surface area contributed by atoms with E-state index in [2.05, 4.69) is 63.8 Å². The Bertz CT molecular complexity index is 2370. The number of nitrogens with one attached hydrogen (secondary N) is 1. The quantitative estimate of drug-likeness (QED) is 0.151. The van der Waals surface area contributed by atoms with E-state index < -0.39 is 51.9 Å². The van der Waals surface area contributed by atoms with Gasteiger partial charge in [0.1, 0.15) is 35.8 Å². The van der Waals surface area contributed by atoms with Crippen LogP contribution in [0.3, 0.4) is 0 Å². The summed E-state index contributed by atoms with van der Waals surface area (Å²) >= 11 is 11.2. The number of ether oxygens (including phenoxy) is 1. The average molecular weight is 827 g/mol. The van der Waals surface area contributed by atoms with Gasteiger partial charge in [0.05, 0.1) is 32.5 Å². The Morgan fingerprint density at radius 3 is 2.49 bits per heavy atom. The van der Waals surface area contributed by atoms with Gasteiger partial charge in [0.2, 0.25) is 5.78 Å². The maximum absolute atomic E-state index is 13.3. The number of fused-ring (bicyclic) bond motifs is 6. The summed E-state index contributed by atoms with van der Waals surface area (Å²) in [6.07, 6.45) is 4.05. The van der Waals surface area contributed by atoms with Crippen molar-refractivity contribution in [3.05, 3.63) is 41.7 Å². The molecule has 3 fully saturated rings. The molecule has 2 unspecified atom stereocenters. The second-order valence-corrected chi connectivity index (χ2v) is 25.4. The number of imidazole rings is 3. The van der Waals surface area contributed by atoms with Gasteiger partial charge in [-0.3, -0.25) is 13.9 Å². The molecular formula is C29H40N10O9P2S2Si. The number of hydrogen-bond donors (Lipinski definition) is 4. The minimum Gasteiger partial charge on any atom is -0.408 e. The van der Waals surface area contributed by atoms with Gasteiger partial charge in [-0.25, -0.2) is 29.3 Å². The Morgan fingerprint density at radius 1 is 1.00 bits per heavy atom. The molecule has 9 atom stereocenters. The number of hydrogen-bond acceptors (Lipinski definition) is 15. The summed E-state index contributed by atoms with van der Waals surface area (Å²) in [4.78, 5) is 61.0. The highest BCUT2D eigenvalue weighted by Crippen LogP contribution is 2.56. The lowest BCUT2D eigenvalue weighted by Crippen LogP contribution is -2.50. The van der Waals surface area contributed by atoms with Crippen molar-refractivity contribution < 1.29 is 37.0 Å². The molecule has 3 aliphatic rings. The van der Waals surface area contributed by atoms with Crippen LogP contribution in [0.1, 0.15) is 39.5 Å². The number of nitrogens with zero attached hydrogens (tertiary/aromatic N) is 8. The number of aromatic amines is 1. The molecule has 2 saturated heterocycles. The van der Waals surface area contributed by atoms with Crippen LogP contribution in [-0.2, 0) is 50.9 Å². The van der Waals surface area contributed by atoms with Gasteiger partial charge in [-0.1, -0.05) is 20.8 Å². The monoisotopic (exact) mass is 826 g/mol. The highest BCUT2D eigenvalue weighted by molar-refractivity contribution is 8.07. The van der Waals surface area contributed by atoms with Gasteiger partial charge < -0.3 is 47.8 Å². The Kier molecular flexibility index (Phi) is 9.37. The van der Waals surface area contributed by atoms with Crippen LogP contribution in [0.25, 0.3) is 28.1 Å². The van der Waals surface area contributed by atoms with E-state index in [0.717, 1.165) is 0 Å². The molecule has 1 aliphatic carbocycles. The van der Waals surface area contributed by atoms with Crippen LogP contribution in [0, 0.1) is 11.8 Å². The Labute approximate surface area is 313 Å². The van der Waals surface area contributed by atoms with Crippen molar-refractivity contribution in [2.75, 3.05) is 25.6 Å². The zero-order chi connectivity index (χ0) is 37.7. The van der Waals surface area contributed by atoms with Gasteiger partial charge in [0.15, 0.2) is 31.5 Å². The van der Waals surface area contributed by atoms with E-state index in [1.165, 1.54) is 29.4 Å². The molecule has 53 heavy (non-hydrogen) atoms. The molecule has 0 spiro atoms. The van der Waals surface area contributed by atoms with E-state index in [9.17, 15) is 14.6 Å². The molecule has 19 nitrogen and oxygen atoms in total. The number of nitrogen functional groups attached to an aromatic ring is 1. The molecule has 8 rings (SSSR count). The van der Waals surface area contributed by atoms with Crippen LogP contribution in [0.5, 0.6) is 0 Å². The lowest BCUT2D eigenvalue weighted by molar-refractivity contribution is -0.0473. The van der Waals surface area contributed by atoms with E-state index >= 15 is 0 Å². The van der Waals surface area contributed by atoms with Gasteiger partial charge in [-0.2, -0.15) is 0 Å². The van der Waals surface area contributed by atoms with Crippen molar-refractivity contribution in [2.24, 2.45) is 11.8 Å². The van der Waals surface area contributed by atoms with E-state index in [-0.39, 0.29) is 59.8 Å². The summed E-state index contributed by atoms with van der Waals surface area (Å²) in [5, 5.41) is -0.250. The smallest absolute Gasteiger partial charge is 0.325 e. The Balaban J connectivity index is 1.16. The van der Waals surface area contributed by atoms with E-state index in [4.69, 9.17) is 56.6 Å². The fraction of sp³-hybridized carbons (Fsp3) is 0.586. The number of anilines is 1. The molecule has 286 valence electrons. The molecule has 0 amide bonds. The third-order valence-electron chi connectivity index (χ3n) is 10.8. The summed E-state index contributed by atoms with van der Waals surface area (Å²) in [5.41, 5.74) is 7.07. The van der Waals surface area contributed by atoms with Crippen LogP contribution in [-0.4, -0.2) is 99.7 Å². The second kappa shape index (κ2) is 13.3. The van der Waals surface area contributed by atoms with Crippen LogP contribution >= 0.6 is 13.4 Å². The summed E-state index contributed by atoms with van der Waals surface area (Å²) in [7, 11) is -2.59. The van der Waals surface area contributed by atoms with Crippen LogP contribution in [0.15, 0.2) is 36.2 Å². The first-order valence-electron chi connectivity index (χ1n) is 16.9. The SMILES string of the molecule is CC(C)(C)[Si](C)(C)O[C@H]1[C@H]2OP(O)(=S)OC[C@H]3C[C@@H](n4cnc5c(N)ncnc54)[C@@H]3COP(O)(=S)OC[C@H]1O[C@H]2n1cnc2c(=O)n3ccnc3[nH]c21. The lowest BCUT2D eigenvalue weighted by atomic mass is 9.70. The normalized spacial score (nSPS) is 33.2. The highest BCUT2D eigenvalue weighted by Gasteiger charge is 2.54. The first-order chi connectivity index (χ1) is 24.9. The fourth-order valence-corrected chi connectivity index (χ4v) is 10.8. The first kappa shape index (κ1) is 37.4. The van der Waals surface area contributed by atoms with Crippen molar-refractivity contribution in [1.29, 1.82) is 0 Å². The molecule has 0 aromatic carbocycles. The molecule has 5 N–H and O–H groups in total. The van der Waals surface area contributed by atoms with Gasteiger partial charge in [-0.15, -0.1) is 0 Å². The fourth-order valence-electron chi connectivity index (χ4n) is 6.86. The number of aromatic nitrogens is 9. The van der Waals surface area contributed by atoms with Crippen LogP contribution in [0.2, 0.25) is 18.1 Å². The zero-order valence-electron chi connectivity index (χ0n) is 29.4. The van der Waals surface area contributed by atoms with Gasteiger partial charge in [0, 0.05) is 24.4 Å². The molecule has 2 aliphatic heterocycles. The minimum atomic E-state index is -4.01. The summed E-state index contributed by atoms with van der Waals surface area (Å²) in [6.45, 7) is 2.27. The second-order valence-electron chi connectivity index (χ2n) is 15.0. The lowest BCUT2D eigenvalue weighted by Gasteiger charge is -2.45. The van der Waals surface area contributed by atoms with E-state index in [1.54, 1.807) is 10.9 Å². The standard InChI is InChI=1S/C29H40N10O9P2S2Si/c1-29(2,3)53(4,5)48-21-18-11-45-49(41,51)44-10-16-15(8-17(16)38-13-34-19-23(30)32-12-33-24(19)38)9-43-50(42,52)47-22(21)27(46-18)39-14-35-20-25(39)36-28-31-6-7-37(28)26(20)40/h6-7,12-18,21-22,27H,8-11H2,1-5H3,(H,31,36)(H,41,51)(H,42,52)(H2,30,32,33)/t15-,16-,17-,18-,21-,22-,27-,49?,50?/m1/s1. The van der Waals surface area contributed by atoms with E-state index in [0.29, 0.717) is 23.2 Å². The predicted molar refractivity (Wildman–Crippen MR) is 201 cm³/mol. The molecular weight excluding hydrogens is 787 g/mol. The largest absolute Gasteiger partial charge is 0.408 e. The maximum Gasteiger partial charge on any atom is 0.325 e. The number of rotatable bonds is 4. The predicted octanol–water partition coefficient (Wildman–Crippen LogP) is 3.14. The van der Waals surface area contributed by atoms with Crippen molar-refractivity contribution in [2.45, 2.75) is 75.9 Å². The van der Waals surface area contributed by atoms with Gasteiger partial charge in [-0.05, 0) is 54.1 Å². The summed E-state index contributed by atoms with van der Waals surface area (Å²) in [6, 6.07) is -0.187. The molecule has 7 heterocycles. The first-order valence-corrected chi connectivity index (χ1v) is 25.0. The summed E-state index contributed by atoms with van der Waals surface area (Å²) < 4.78 is 42.8. The van der Waals surface area contributed by atoms with E-state index in [1.807, 2.05) is 4.57 Å². The van der Waals surface area contributed by atoms with Crippen molar-refractivity contribution in [1.82, 2.24) is 43.4 Å². The average Bonchev–Trinajstić information content (AvgIpc) is 3.86. The maximum atomic E-state index is 13.3. The van der Waals surface area contributed by atoms with Crippen molar-refractivity contribution in [3.63, 3.8) is 0 Å². The van der Waals surface area contributed by atoms with Gasteiger partial charge >= 0.3 is 13.4 Å². The molecule has 2 bridgehead atoms. The molecule has 5 aromatic heterocycles. The number of nitrogens with two attached hydrogens (primary N) is 1. The zero-order valence-corrected chi connectivity index (χ0v) is 33.8. The summed E-state index contributed by atoms with van der Waals surface area (Å²) in [5.74, 6) is 0.0655. The molecule has 24 heteroatoms. The Hall–Kier alpha value is -2.56. The van der Waals surface area contributed by atoms with Crippen molar-refractivity contribution >= 4 is 79.3 Å². The van der Waals surface area contributed by atoms with Crippen molar-refractivity contribution in [3.8, 4) is 0 Å². The highest BCUT2D eigenvalue weighted by atomic mass is 32.5. The number of H-pyrrole nitrogens is 1. The third-order valence-corrected chi connectivity index (χ3v) is 18.4. The third kappa shape index (κ3) is 6.74. The Morgan fingerprint density at radius 2 is 1.72 bits per heavy atom. The van der Waals surface area contributed by atoms with Crippen LogP contribution < -0.4 is 11.3 Å². The topological polar surface area (TPSA) is 233 Å². The van der Waals surface area contributed by atoms with Crippen LogP contribution in [0.4, 0.5) is 5.82 Å². The molecule has 0 radical (unpaired) electrons. The molecule has 1 saturated carbocycles. The molecule has 5 aromatic rings.